The molecule has 2 atom stereocenters. The van der Waals surface area contributed by atoms with Crippen LogP contribution in [-0.4, -0.2) is 17.0 Å². The number of phenols is 1. The van der Waals surface area contributed by atoms with Crippen molar-refractivity contribution in [3.05, 3.63) is 65.5 Å². The number of ketones is 1. The van der Waals surface area contributed by atoms with E-state index in [1.54, 1.807) is 30.3 Å². The molecule has 0 spiro atoms. The fourth-order valence-electron chi connectivity index (χ4n) is 2.05. The fourth-order valence-corrected chi connectivity index (χ4v) is 2.05. The van der Waals surface area contributed by atoms with Crippen molar-refractivity contribution in [2.45, 2.75) is 12.2 Å². The zero-order valence-corrected chi connectivity index (χ0v) is 9.92. The summed E-state index contributed by atoms with van der Waals surface area (Å²) < 4.78 is 18.1. The molecule has 1 heterocycles. The molecule has 1 saturated heterocycles. The van der Waals surface area contributed by atoms with Gasteiger partial charge >= 0.3 is 0 Å². The molecule has 0 aliphatic carbocycles. The number of carbonyl (C=O) groups excluding carboxylic acids is 1. The maximum absolute atomic E-state index is 12.8. The third-order valence-corrected chi connectivity index (χ3v) is 3.12. The Bertz CT molecular complexity index is 622. The van der Waals surface area contributed by atoms with E-state index >= 15 is 0 Å². The summed E-state index contributed by atoms with van der Waals surface area (Å²) in [5, 5.41) is 9.62. The molecule has 2 aromatic rings. The van der Waals surface area contributed by atoms with Gasteiger partial charge in [-0.15, -0.1) is 0 Å². The molecule has 4 heteroatoms. The molecular formula is C15H11FO3. The van der Waals surface area contributed by atoms with Gasteiger partial charge in [0.05, 0.1) is 5.56 Å². The molecule has 0 radical (unpaired) electrons. The monoisotopic (exact) mass is 258 g/mol. The lowest BCUT2D eigenvalue weighted by Crippen LogP contribution is -2.08. The van der Waals surface area contributed by atoms with Gasteiger partial charge in [-0.2, -0.15) is 0 Å². The van der Waals surface area contributed by atoms with Crippen molar-refractivity contribution >= 4 is 5.78 Å². The molecule has 1 aliphatic rings. The highest BCUT2D eigenvalue weighted by molar-refractivity contribution is 6.03. The summed E-state index contributed by atoms with van der Waals surface area (Å²) in [5.41, 5.74) is 1.01. The second-order valence-corrected chi connectivity index (χ2v) is 4.41. The predicted molar refractivity (Wildman–Crippen MR) is 66.5 cm³/mol. The number of para-hydroxylation sites is 1. The van der Waals surface area contributed by atoms with Crippen LogP contribution in [0.1, 0.15) is 22.0 Å². The number of hydrogen-bond donors (Lipinski definition) is 1. The lowest BCUT2D eigenvalue weighted by atomic mass is 10.0. The van der Waals surface area contributed by atoms with Crippen molar-refractivity contribution in [2.75, 3.05) is 0 Å². The van der Waals surface area contributed by atoms with Crippen LogP contribution in [0.3, 0.4) is 0 Å². The Morgan fingerprint density at radius 2 is 1.79 bits per heavy atom. The quantitative estimate of drug-likeness (QED) is 0.680. The van der Waals surface area contributed by atoms with Crippen LogP contribution in [0.5, 0.6) is 5.75 Å². The predicted octanol–water partition coefficient (Wildman–Crippen LogP) is 2.85. The van der Waals surface area contributed by atoms with Crippen molar-refractivity contribution in [3.8, 4) is 5.75 Å². The highest BCUT2D eigenvalue weighted by Crippen LogP contribution is 2.41. The van der Waals surface area contributed by atoms with Gasteiger partial charge < -0.3 is 9.84 Å². The van der Waals surface area contributed by atoms with Crippen molar-refractivity contribution in [3.63, 3.8) is 0 Å². The molecule has 0 amide bonds. The van der Waals surface area contributed by atoms with Crippen molar-refractivity contribution in [1.29, 1.82) is 0 Å². The van der Waals surface area contributed by atoms with E-state index in [2.05, 4.69) is 0 Å². The van der Waals surface area contributed by atoms with Crippen LogP contribution in [-0.2, 0) is 4.74 Å². The third-order valence-electron chi connectivity index (χ3n) is 3.12. The van der Waals surface area contributed by atoms with Crippen LogP contribution < -0.4 is 0 Å². The first kappa shape index (κ1) is 11.9. The zero-order chi connectivity index (χ0) is 13.4. The maximum atomic E-state index is 12.8. The number of halogens is 1. The van der Waals surface area contributed by atoms with E-state index in [-0.39, 0.29) is 29.0 Å². The van der Waals surface area contributed by atoms with E-state index in [0.717, 1.165) is 5.56 Å². The van der Waals surface area contributed by atoms with Crippen LogP contribution in [0.25, 0.3) is 0 Å². The number of epoxide rings is 1. The molecule has 1 aliphatic heterocycles. The SMILES string of the molecule is O=C(c1ccccc1O)[C@H]1O[C@H]1c1ccc(F)cc1. The Morgan fingerprint density at radius 3 is 2.47 bits per heavy atom. The van der Waals surface area contributed by atoms with Gasteiger partial charge in [-0.1, -0.05) is 24.3 Å². The minimum Gasteiger partial charge on any atom is -0.507 e. The van der Waals surface area contributed by atoms with Crippen LogP contribution in [0.4, 0.5) is 4.39 Å². The van der Waals surface area contributed by atoms with Crippen LogP contribution in [0.15, 0.2) is 48.5 Å². The van der Waals surface area contributed by atoms with Crippen molar-refractivity contribution in [2.24, 2.45) is 0 Å². The van der Waals surface area contributed by atoms with Gasteiger partial charge in [0, 0.05) is 0 Å². The van der Waals surface area contributed by atoms with Gasteiger partial charge in [0.25, 0.3) is 0 Å². The Labute approximate surface area is 109 Å². The largest absolute Gasteiger partial charge is 0.507 e. The number of Topliss-reactive ketones (excluding diaryl/α,β-unsaturated/α-hetero) is 1. The molecule has 0 bridgehead atoms. The minimum atomic E-state index is -0.598. The van der Waals surface area contributed by atoms with E-state index in [9.17, 15) is 14.3 Å². The first-order valence-corrected chi connectivity index (χ1v) is 5.90. The number of carbonyl (C=O) groups is 1. The van der Waals surface area contributed by atoms with E-state index < -0.39 is 6.10 Å². The summed E-state index contributed by atoms with van der Waals surface area (Å²) in [6.07, 6.45) is -0.952. The molecule has 0 saturated carbocycles. The summed E-state index contributed by atoms with van der Waals surface area (Å²) in [4.78, 5) is 12.1. The van der Waals surface area contributed by atoms with Gasteiger partial charge in [-0.25, -0.2) is 4.39 Å². The van der Waals surface area contributed by atoms with Gasteiger partial charge in [-0.3, -0.25) is 4.79 Å². The van der Waals surface area contributed by atoms with Crippen LogP contribution >= 0.6 is 0 Å². The van der Waals surface area contributed by atoms with Crippen molar-refractivity contribution in [1.82, 2.24) is 0 Å². The second kappa shape index (κ2) is 4.48. The number of benzene rings is 2. The first-order valence-electron chi connectivity index (χ1n) is 5.90. The fraction of sp³-hybridized carbons (Fsp3) is 0.133. The summed E-state index contributed by atoms with van der Waals surface area (Å²) in [5.74, 6) is -0.638. The number of hydrogen-bond acceptors (Lipinski definition) is 3. The van der Waals surface area contributed by atoms with E-state index in [0.29, 0.717) is 0 Å². The first-order chi connectivity index (χ1) is 9.16. The summed E-state index contributed by atoms with van der Waals surface area (Å²) in [7, 11) is 0. The van der Waals surface area contributed by atoms with Crippen LogP contribution in [0, 0.1) is 5.82 Å². The Morgan fingerprint density at radius 1 is 1.11 bits per heavy atom. The maximum Gasteiger partial charge on any atom is 0.198 e. The Balaban J connectivity index is 1.78. The summed E-state index contributed by atoms with van der Waals surface area (Å²) in [6.45, 7) is 0. The third kappa shape index (κ3) is 2.22. The molecule has 0 unspecified atom stereocenters. The van der Waals surface area contributed by atoms with Gasteiger partial charge in [0.15, 0.2) is 11.9 Å². The van der Waals surface area contributed by atoms with E-state index in [4.69, 9.17) is 4.74 Å². The number of phenolic OH excluding ortho intramolecular Hbond substituents is 1. The average molecular weight is 258 g/mol. The Kier molecular flexibility index (Phi) is 2.80. The average Bonchev–Trinajstić information content (AvgIpc) is 3.20. The highest BCUT2D eigenvalue weighted by Gasteiger charge is 2.46. The molecule has 3 rings (SSSR count). The highest BCUT2D eigenvalue weighted by atomic mass is 19.1. The molecule has 96 valence electrons. The topological polar surface area (TPSA) is 49.8 Å². The molecule has 2 aromatic carbocycles. The van der Waals surface area contributed by atoms with Gasteiger partial charge in [-0.05, 0) is 29.8 Å². The van der Waals surface area contributed by atoms with Gasteiger partial charge in [0.2, 0.25) is 0 Å². The molecule has 1 fully saturated rings. The molecular weight excluding hydrogens is 247 g/mol. The molecule has 3 nitrogen and oxygen atoms in total. The second-order valence-electron chi connectivity index (χ2n) is 4.41. The van der Waals surface area contributed by atoms with Gasteiger partial charge in [0.1, 0.15) is 17.7 Å². The number of rotatable bonds is 3. The smallest absolute Gasteiger partial charge is 0.198 e. The molecule has 0 aromatic heterocycles. The normalized spacial score (nSPS) is 21.1. The van der Waals surface area contributed by atoms with E-state index in [1.807, 2.05) is 0 Å². The summed E-state index contributed by atoms with van der Waals surface area (Å²) >= 11 is 0. The van der Waals surface area contributed by atoms with Crippen LogP contribution in [0.2, 0.25) is 0 Å². The zero-order valence-electron chi connectivity index (χ0n) is 9.92. The van der Waals surface area contributed by atoms with Crippen molar-refractivity contribution < 1.29 is 19.0 Å². The van der Waals surface area contributed by atoms with E-state index in [1.165, 1.54) is 18.2 Å². The lowest BCUT2D eigenvalue weighted by Gasteiger charge is -2.00. The number of ether oxygens (including phenoxy) is 1. The standard InChI is InChI=1S/C15H11FO3/c16-10-7-5-9(6-8-10)14-15(19-14)13(18)11-3-1-2-4-12(11)17/h1-8,14-15,17H/t14-,15+/m0/s1. The molecule has 1 N–H and O–H groups in total. The molecule has 19 heavy (non-hydrogen) atoms. The Hall–Kier alpha value is -2.20. The summed E-state index contributed by atoms with van der Waals surface area (Å²) in [6, 6.07) is 12.2. The lowest BCUT2D eigenvalue weighted by molar-refractivity contribution is 0.0951. The minimum absolute atomic E-state index is 0.0548. The number of aromatic hydroxyl groups is 1.